The number of furan rings is 1. The van der Waals surface area contributed by atoms with Gasteiger partial charge in [0.05, 0.1) is 0 Å². The summed E-state index contributed by atoms with van der Waals surface area (Å²) in [6.45, 7) is 0. The molecule has 7 aromatic rings. The Morgan fingerprint density at radius 1 is 0.444 bits per heavy atom. The van der Waals surface area contributed by atoms with Crippen LogP contribution in [0.1, 0.15) is 0 Å². The lowest BCUT2D eigenvalue weighted by atomic mass is 9.78. The topological polar surface area (TPSA) is 53.6 Å². The number of benzene rings is 6. The summed E-state index contributed by atoms with van der Waals surface area (Å²) in [5, 5.41) is 26.4. The molecule has 36 heavy (non-hydrogen) atoms. The van der Waals surface area contributed by atoms with E-state index in [0.717, 1.165) is 60.2 Å². The normalized spacial score (nSPS) is 11.6. The van der Waals surface area contributed by atoms with Gasteiger partial charge in [-0.05, 0) is 67.5 Å². The van der Waals surface area contributed by atoms with Crippen molar-refractivity contribution >= 4 is 56.1 Å². The van der Waals surface area contributed by atoms with E-state index in [0.29, 0.717) is 5.46 Å². The van der Waals surface area contributed by atoms with Crippen molar-refractivity contribution in [3.63, 3.8) is 0 Å². The van der Waals surface area contributed by atoms with Crippen LogP contribution in [-0.4, -0.2) is 17.2 Å². The van der Waals surface area contributed by atoms with Crippen LogP contribution >= 0.6 is 0 Å². The zero-order chi connectivity index (χ0) is 24.2. The molecule has 0 fully saturated rings. The maximum absolute atomic E-state index is 9.81. The zero-order valence-electron chi connectivity index (χ0n) is 19.3. The highest BCUT2D eigenvalue weighted by molar-refractivity contribution is 6.58. The molecular weight excluding hydrogens is 443 g/mol. The highest BCUT2D eigenvalue weighted by Crippen LogP contribution is 2.44. The number of hydrogen-bond donors (Lipinski definition) is 2. The fourth-order valence-electron chi connectivity index (χ4n) is 5.49. The molecule has 0 atom stereocenters. The van der Waals surface area contributed by atoms with Gasteiger partial charge in [-0.3, -0.25) is 0 Å². The van der Waals surface area contributed by atoms with Crippen molar-refractivity contribution in [1.29, 1.82) is 0 Å². The maximum Gasteiger partial charge on any atom is 0.488 e. The van der Waals surface area contributed by atoms with Crippen LogP contribution in [0.5, 0.6) is 0 Å². The molecule has 0 spiro atoms. The van der Waals surface area contributed by atoms with Gasteiger partial charge in [0.25, 0.3) is 0 Å². The summed E-state index contributed by atoms with van der Waals surface area (Å²) in [5.41, 5.74) is 6.59. The Kier molecular flexibility index (Phi) is 4.71. The van der Waals surface area contributed by atoms with Crippen LogP contribution < -0.4 is 5.46 Å². The highest BCUT2D eigenvalue weighted by atomic mass is 16.4. The molecule has 2 N–H and O–H groups in total. The molecule has 0 amide bonds. The summed E-state index contributed by atoms with van der Waals surface area (Å²) >= 11 is 0. The van der Waals surface area contributed by atoms with Gasteiger partial charge in [-0.2, -0.15) is 0 Å². The lowest BCUT2D eigenvalue weighted by Gasteiger charge is -2.18. The van der Waals surface area contributed by atoms with Gasteiger partial charge in [-0.15, -0.1) is 0 Å². The van der Waals surface area contributed by atoms with Gasteiger partial charge in [-0.1, -0.05) is 97.1 Å². The van der Waals surface area contributed by atoms with Crippen molar-refractivity contribution < 1.29 is 14.5 Å². The lowest BCUT2D eigenvalue weighted by Crippen LogP contribution is -2.29. The third-order valence-electron chi connectivity index (χ3n) is 7.07. The molecular formula is C32H21BO3. The monoisotopic (exact) mass is 464 g/mol. The largest absolute Gasteiger partial charge is 0.488 e. The third-order valence-corrected chi connectivity index (χ3v) is 7.07. The first-order valence-electron chi connectivity index (χ1n) is 12.0. The molecule has 0 aliphatic rings. The predicted octanol–water partition coefficient (Wildman–Crippen LogP) is 6.91. The van der Waals surface area contributed by atoms with Crippen LogP contribution in [0.15, 0.2) is 120 Å². The molecule has 4 heteroatoms. The zero-order valence-corrected chi connectivity index (χ0v) is 19.3. The molecule has 0 unspecified atom stereocenters. The number of para-hydroxylation sites is 1. The van der Waals surface area contributed by atoms with Crippen molar-refractivity contribution in [3.8, 4) is 22.3 Å². The summed E-state index contributed by atoms with van der Waals surface area (Å²) in [6.07, 6.45) is 0. The van der Waals surface area contributed by atoms with Crippen molar-refractivity contribution in [1.82, 2.24) is 0 Å². The minimum Gasteiger partial charge on any atom is -0.456 e. The molecule has 7 rings (SSSR count). The summed E-state index contributed by atoms with van der Waals surface area (Å²) < 4.78 is 6.08. The van der Waals surface area contributed by atoms with Gasteiger partial charge in [0.2, 0.25) is 0 Å². The summed E-state index contributed by atoms with van der Waals surface area (Å²) in [6, 6.07) is 39.0. The van der Waals surface area contributed by atoms with Crippen LogP contribution in [0.3, 0.4) is 0 Å². The Hall–Kier alpha value is -4.38. The van der Waals surface area contributed by atoms with Gasteiger partial charge in [0, 0.05) is 10.8 Å². The fourth-order valence-corrected chi connectivity index (χ4v) is 5.49. The molecule has 0 saturated heterocycles. The summed E-state index contributed by atoms with van der Waals surface area (Å²) in [4.78, 5) is 0. The minimum atomic E-state index is -1.52. The Labute approximate surface area is 208 Å². The van der Waals surface area contributed by atoms with Crippen LogP contribution in [0.25, 0.3) is 65.7 Å². The van der Waals surface area contributed by atoms with E-state index in [4.69, 9.17) is 4.42 Å². The van der Waals surface area contributed by atoms with E-state index in [1.165, 1.54) is 5.56 Å². The maximum atomic E-state index is 9.81. The van der Waals surface area contributed by atoms with Gasteiger partial charge in [-0.25, -0.2) is 0 Å². The molecule has 6 aromatic carbocycles. The second-order valence-corrected chi connectivity index (χ2v) is 9.15. The summed E-state index contributed by atoms with van der Waals surface area (Å²) in [7, 11) is -1.52. The molecule has 3 nitrogen and oxygen atoms in total. The molecule has 170 valence electrons. The first kappa shape index (κ1) is 21.0. The van der Waals surface area contributed by atoms with Crippen molar-refractivity contribution in [2.24, 2.45) is 0 Å². The molecule has 1 heterocycles. The number of fused-ring (bicyclic) bond motifs is 5. The van der Waals surface area contributed by atoms with Crippen molar-refractivity contribution in [2.45, 2.75) is 0 Å². The molecule has 0 saturated carbocycles. The van der Waals surface area contributed by atoms with E-state index in [2.05, 4.69) is 72.8 Å². The lowest BCUT2D eigenvalue weighted by molar-refractivity contribution is 0.426. The molecule has 0 aliphatic heterocycles. The fraction of sp³-hybridized carbons (Fsp3) is 0. The van der Waals surface area contributed by atoms with E-state index in [9.17, 15) is 10.0 Å². The van der Waals surface area contributed by atoms with E-state index >= 15 is 0 Å². The van der Waals surface area contributed by atoms with Crippen molar-refractivity contribution in [3.05, 3.63) is 115 Å². The first-order valence-corrected chi connectivity index (χ1v) is 12.0. The summed E-state index contributed by atoms with van der Waals surface area (Å²) in [5.74, 6) is 0. The molecule has 1 aromatic heterocycles. The van der Waals surface area contributed by atoms with E-state index in [1.807, 2.05) is 36.4 Å². The highest BCUT2D eigenvalue weighted by Gasteiger charge is 2.19. The molecule has 0 aliphatic carbocycles. The number of hydrogen-bond acceptors (Lipinski definition) is 3. The van der Waals surface area contributed by atoms with Crippen LogP contribution in [0.2, 0.25) is 0 Å². The Balaban J connectivity index is 1.59. The molecule has 0 bridgehead atoms. The van der Waals surface area contributed by atoms with Gasteiger partial charge in [0.1, 0.15) is 11.2 Å². The number of rotatable bonds is 3. The molecule has 0 radical (unpaired) electrons. The SMILES string of the molecule is OB(O)c1cccc(-c2c3ccccc3c(-c3ccc4oc5ccccc5c4c3)c3ccccc23)c1. The van der Waals surface area contributed by atoms with Crippen molar-refractivity contribution in [2.75, 3.05) is 0 Å². The average Bonchev–Trinajstić information content (AvgIpc) is 3.29. The van der Waals surface area contributed by atoms with Crippen LogP contribution in [0.4, 0.5) is 0 Å². The second-order valence-electron chi connectivity index (χ2n) is 9.15. The Morgan fingerprint density at radius 3 is 1.58 bits per heavy atom. The van der Waals surface area contributed by atoms with Gasteiger partial charge < -0.3 is 14.5 Å². The predicted molar refractivity (Wildman–Crippen MR) is 149 cm³/mol. The first-order chi connectivity index (χ1) is 17.7. The average molecular weight is 464 g/mol. The third kappa shape index (κ3) is 3.16. The smallest absolute Gasteiger partial charge is 0.456 e. The van der Waals surface area contributed by atoms with Gasteiger partial charge >= 0.3 is 7.12 Å². The van der Waals surface area contributed by atoms with Crippen LogP contribution in [-0.2, 0) is 0 Å². The van der Waals surface area contributed by atoms with Gasteiger partial charge in [0.15, 0.2) is 0 Å². The second kappa shape index (κ2) is 8.09. The van der Waals surface area contributed by atoms with E-state index < -0.39 is 7.12 Å². The Bertz CT molecular complexity index is 1880. The van der Waals surface area contributed by atoms with E-state index in [-0.39, 0.29) is 0 Å². The quantitative estimate of drug-likeness (QED) is 0.221. The minimum absolute atomic E-state index is 0.474. The van der Waals surface area contributed by atoms with E-state index in [1.54, 1.807) is 6.07 Å². The van der Waals surface area contributed by atoms with Crippen LogP contribution in [0, 0.1) is 0 Å². The Morgan fingerprint density at radius 2 is 0.972 bits per heavy atom. The standard InChI is InChI=1S/C32H21BO3/c34-33(35)22-9-7-8-20(18-22)31-24-11-1-3-13-26(24)32(27-14-4-2-12-25(27)31)21-16-17-30-28(19-21)23-10-5-6-15-29(23)36-30/h1-19,34-35H.